The van der Waals surface area contributed by atoms with Crippen molar-refractivity contribution >= 4 is 11.8 Å². The summed E-state index contributed by atoms with van der Waals surface area (Å²) < 4.78 is 0. The fourth-order valence-corrected chi connectivity index (χ4v) is 3.08. The number of hydrogen-bond acceptors (Lipinski definition) is 6. The molecule has 0 unspecified atom stereocenters. The normalized spacial score (nSPS) is 20.6. The zero-order valence-electron chi connectivity index (χ0n) is 15.8. The molecule has 0 aromatic rings. The Morgan fingerprint density at radius 1 is 0.880 bits per heavy atom. The molecular weight excluding hydrogens is 320 g/mol. The number of hydrogen-bond donors (Lipinski definition) is 1. The lowest BCUT2D eigenvalue weighted by atomic mass is 10.3. The highest BCUT2D eigenvalue weighted by Crippen LogP contribution is 2.01. The van der Waals surface area contributed by atoms with Crippen LogP contribution in [0, 0.1) is 0 Å². The van der Waals surface area contributed by atoms with E-state index in [2.05, 4.69) is 28.2 Å². The van der Waals surface area contributed by atoms with E-state index < -0.39 is 5.97 Å². The standard InChI is InChI=1S/C18H34N4O3/c1-4-6-20-9-7-19(5-2)8-11-21(15-17(3)23)13-14-22(12-10-20)16-18(24)25/h4H,1,5-16H2,2-3H3,(H,24,25). The van der Waals surface area contributed by atoms with Gasteiger partial charge in [0, 0.05) is 58.9 Å². The van der Waals surface area contributed by atoms with Gasteiger partial charge in [-0.3, -0.25) is 24.3 Å². The maximum atomic E-state index is 11.5. The first-order valence-corrected chi connectivity index (χ1v) is 9.16. The first-order valence-electron chi connectivity index (χ1n) is 9.16. The molecule has 0 atom stereocenters. The second-order valence-corrected chi connectivity index (χ2v) is 6.67. The van der Waals surface area contributed by atoms with E-state index >= 15 is 0 Å². The predicted molar refractivity (Wildman–Crippen MR) is 99.9 cm³/mol. The molecule has 1 N–H and O–H groups in total. The number of rotatable bonds is 7. The molecule has 1 rings (SSSR count). The molecule has 1 saturated heterocycles. The van der Waals surface area contributed by atoms with Gasteiger partial charge < -0.3 is 10.0 Å². The number of nitrogens with zero attached hydrogens (tertiary/aromatic N) is 4. The number of carboxylic acid groups (broad SMARTS) is 1. The number of carboxylic acids is 1. The summed E-state index contributed by atoms with van der Waals surface area (Å²) in [5.74, 6) is -0.658. The lowest BCUT2D eigenvalue weighted by Crippen LogP contribution is -2.47. The number of ketones is 1. The third-order valence-corrected chi connectivity index (χ3v) is 4.57. The van der Waals surface area contributed by atoms with Gasteiger partial charge in [-0.05, 0) is 13.5 Å². The molecule has 1 fully saturated rings. The van der Waals surface area contributed by atoms with Gasteiger partial charge in [0.25, 0.3) is 0 Å². The SMILES string of the molecule is C=CCN1CCN(CC)CCN(CC(C)=O)CCN(CC(=O)O)CC1. The van der Waals surface area contributed by atoms with Gasteiger partial charge in [0.1, 0.15) is 5.78 Å². The smallest absolute Gasteiger partial charge is 0.317 e. The highest BCUT2D eigenvalue weighted by molar-refractivity contribution is 5.77. The van der Waals surface area contributed by atoms with E-state index in [0.717, 1.165) is 45.8 Å². The van der Waals surface area contributed by atoms with Crippen molar-refractivity contribution in [2.24, 2.45) is 0 Å². The highest BCUT2D eigenvalue weighted by Gasteiger charge is 2.17. The predicted octanol–water partition coefficient (Wildman–Crippen LogP) is 0.0875. The van der Waals surface area contributed by atoms with Gasteiger partial charge in [-0.25, -0.2) is 0 Å². The summed E-state index contributed by atoms with van der Waals surface area (Å²) >= 11 is 0. The van der Waals surface area contributed by atoms with Gasteiger partial charge in [-0.15, -0.1) is 6.58 Å². The Bertz CT molecular complexity index is 431. The molecule has 0 radical (unpaired) electrons. The van der Waals surface area contributed by atoms with Crippen LogP contribution < -0.4 is 0 Å². The van der Waals surface area contributed by atoms with Gasteiger partial charge in [-0.1, -0.05) is 13.0 Å². The van der Waals surface area contributed by atoms with Crippen LogP contribution in [0.25, 0.3) is 0 Å². The molecule has 1 aliphatic rings. The molecule has 25 heavy (non-hydrogen) atoms. The van der Waals surface area contributed by atoms with Crippen LogP contribution in [-0.2, 0) is 9.59 Å². The van der Waals surface area contributed by atoms with Crippen molar-refractivity contribution in [3.05, 3.63) is 12.7 Å². The third-order valence-electron chi connectivity index (χ3n) is 4.57. The first-order chi connectivity index (χ1) is 11.9. The van der Waals surface area contributed by atoms with E-state index in [9.17, 15) is 9.59 Å². The maximum Gasteiger partial charge on any atom is 0.317 e. The average Bonchev–Trinajstić information content (AvgIpc) is 2.54. The van der Waals surface area contributed by atoms with Crippen LogP contribution in [0.2, 0.25) is 0 Å². The minimum atomic E-state index is -0.808. The Labute approximate surface area is 151 Å². The molecule has 0 aromatic carbocycles. The highest BCUT2D eigenvalue weighted by atomic mass is 16.4. The molecule has 0 bridgehead atoms. The Kier molecular flexibility index (Phi) is 10.6. The average molecular weight is 354 g/mol. The summed E-state index contributed by atoms with van der Waals surface area (Å²) in [6, 6.07) is 0. The van der Waals surface area contributed by atoms with Gasteiger partial charge >= 0.3 is 5.97 Å². The molecule has 0 aromatic heterocycles. The summed E-state index contributed by atoms with van der Waals surface area (Å²) in [6.45, 7) is 16.4. The van der Waals surface area contributed by atoms with Crippen molar-refractivity contribution in [1.29, 1.82) is 0 Å². The Morgan fingerprint density at radius 3 is 1.72 bits per heavy atom. The van der Waals surface area contributed by atoms with Crippen LogP contribution in [-0.4, -0.2) is 115 Å². The van der Waals surface area contributed by atoms with Crippen molar-refractivity contribution in [3.8, 4) is 0 Å². The van der Waals surface area contributed by atoms with Crippen LogP contribution in [0.4, 0.5) is 0 Å². The Hall–Kier alpha value is -1.28. The summed E-state index contributed by atoms with van der Waals surface area (Å²) in [7, 11) is 0. The molecule has 0 aliphatic carbocycles. The summed E-state index contributed by atoms with van der Waals surface area (Å²) in [6.07, 6.45) is 1.90. The van der Waals surface area contributed by atoms with Crippen molar-refractivity contribution in [3.63, 3.8) is 0 Å². The number of carbonyl (C=O) groups excluding carboxylic acids is 1. The van der Waals surface area contributed by atoms with Crippen molar-refractivity contribution in [2.45, 2.75) is 13.8 Å². The Morgan fingerprint density at radius 2 is 1.32 bits per heavy atom. The monoisotopic (exact) mass is 354 g/mol. The summed E-state index contributed by atoms with van der Waals surface area (Å²) in [4.78, 5) is 31.5. The molecule has 0 saturated carbocycles. The zero-order chi connectivity index (χ0) is 18.7. The van der Waals surface area contributed by atoms with Gasteiger partial charge in [-0.2, -0.15) is 0 Å². The van der Waals surface area contributed by atoms with Crippen molar-refractivity contribution in [1.82, 2.24) is 19.6 Å². The minimum absolute atomic E-state index is 0.0386. The third kappa shape index (κ3) is 9.69. The number of aliphatic carboxylic acids is 1. The molecule has 0 spiro atoms. The van der Waals surface area contributed by atoms with Crippen LogP contribution in [0.15, 0.2) is 12.7 Å². The quantitative estimate of drug-likeness (QED) is 0.650. The van der Waals surface area contributed by atoms with Crippen LogP contribution >= 0.6 is 0 Å². The van der Waals surface area contributed by atoms with E-state index in [0.29, 0.717) is 26.2 Å². The van der Waals surface area contributed by atoms with Gasteiger partial charge in [0.15, 0.2) is 0 Å². The van der Waals surface area contributed by atoms with Gasteiger partial charge in [0.2, 0.25) is 0 Å². The van der Waals surface area contributed by atoms with Crippen molar-refractivity contribution < 1.29 is 14.7 Å². The summed E-state index contributed by atoms with van der Waals surface area (Å²) in [5, 5.41) is 9.16. The van der Waals surface area contributed by atoms with E-state index in [1.807, 2.05) is 11.0 Å². The van der Waals surface area contributed by atoms with Gasteiger partial charge in [0.05, 0.1) is 13.1 Å². The maximum absolute atomic E-state index is 11.5. The van der Waals surface area contributed by atoms with E-state index in [-0.39, 0.29) is 12.3 Å². The molecule has 1 aliphatic heterocycles. The van der Waals surface area contributed by atoms with Crippen LogP contribution in [0.3, 0.4) is 0 Å². The largest absolute Gasteiger partial charge is 0.480 e. The van der Waals surface area contributed by atoms with Crippen LogP contribution in [0.1, 0.15) is 13.8 Å². The second-order valence-electron chi connectivity index (χ2n) is 6.67. The summed E-state index contributed by atoms with van der Waals surface area (Å²) in [5.41, 5.74) is 0. The van der Waals surface area contributed by atoms with E-state index in [4.69, 9.17) is 5.11 Å². The lowest BCUT2D eigenvalue weighted by molar-refractivity contribution is -0.138. The van der Waals surface area contributed by atoms with Crippen molar-refractivity contribution in [2.75, 3.05) is 78.5 Å². The number of Topliss-reactive ketones (excluding diaryl/α,β-unsaturated/α-hetero) is 1. The second kappa shape index (κ2) is 12.1. The molecule has 7 nitrogen and oxygen atoms in total. The topological polar surface area (TPSA) is 67.3 Å². The zero-order valence-corrected chi connectivity index (χ0v) is 15.8. The molecular formula is C18H34N4O3. The van der Waals surface area contributed by atoms with E-state index in [1.165, 1.54) is 0 Å². The minimum Gasteiger partial charge on any atom is -0.480 e. The number of likely N-dealkylation sites (N-methyl/N-ethyl adjacent to an activating group) is 1. The lowest BCUT2D eigenvalue weighted by Gasteiger charge is -2.33. The molecule has 144 valence electrons. The van der Waals surface area contributed by atoms with Crippen LogP contribution in [0.5, 0.6) is 0 Å². The number of carbonyl (C=O) groups is 2. The molecule has 1 heterocycles. The fourth-order valence-electron chi connectivity index (χ4n) is 3.08. The molecule has 0 amide bonds. The molecule has 7 heteroatoms. The fraction of sp³-hybridized carbons (Fsp3) is 0.778. The van der Waals surface area contributed by atoms with E-state index in [1.54, 1.807) is 6.92 Å². The Balaban J connectivity index is 2.78. The first kappa shape index (κ1) is 21.8.